The lowest BCUT2D eigenvalue weighted by atomic mass is 9.88. The number of nitrogens with one attached hydrogen (secondary N) is 1. The third-order valence-corrected chi connectivity index (χ3v) is 4.76. The Balaban J connectivity index is 2.36. The van der Waals surface area contributed by atoms with Gasteiger partial charge in [0.2, 0.25) is 10.0 Å². The third kappa shape index (κ3) is 5.22. The standard InChI is InChI=1S/C12H25NO4S/c1-11(2)17-7-8-18(15,16)13-9-12(10-14)5-3-4-6-12/h11,13-14H,3-10H2,1-2H3. The quantitative estimate of drug-likeness (QED) is 0.692. The minimum Gasteiger partial charge on any atom is -0.396 e. The van der Waals surface area contributed by atoms with E-state index in [2.05, 4.69) is 4.72 Å². The van der Waals surface area contributed by atoms with Gasteiger partial charge in [0, 0.05) is 18.6 Å². The van der Waals surface area contributed by atoms with Crippen LogP contribution in [-0.2, 0) is 14.8 Å². The molecular weight excluding hydrogens is 254 g/mol. The molecule has 5 nitrogen and oxygen atoms in total. The summed E-state index contributed by atoms with van der Waals surface area (Å²) in [5.41, 5.74) is -0.244. The minimum absolute atomic E-state index is 0.0211. The first-order chi connectivity index (χ1) is 8.39. The summed E-state index contributed by atoms with van der Waals surface area (Å²) in [6.45, 7) is 4.35. The van der Waals surface area contributed by atoms with Gasteiger partial charge >= 0.3 is 0 Å². The van der Waals surface area contributed by atoms with Gasteiger partial charge in [0.15, 0.2) is 0 Å². The van der Waals surface area contributed by atoms with Gasteiger partial charge in [0.25, 0.3) is 0 Å². The molecule has 1 fully saturated rings. The van der Waals surface area contributed by atoms with Gasteiger partial charge in [0.1, 0.15) is 0 Å². The van der Waals surface area contributed by atoms with Crippen molar-refractivity contribution in [2.24, 2.45) is 5.41 Å². The monoisotopic (exact) mass is 279 g/mol. The van der Waals surface area contributed by atoms with Gasteiger partial charge in [-0.15, -0.1) is 0 Å². The molecule has 0 heterocycles. The summed E-state index contributed by atoms with van der Waals surface area (Å²) >= 11 is 0. The molecule has 0 radical (unpaired) electrons. The van der Waals surface area contributed by atoms with Crippen molar-refractivity contribution in [1.82, 2.24) is 4.72 Å². The molecule has 108 valence electrons. The molecule has 0 saturated heterocycles. The number of ether oxygens (including phenoxy) is 1. The Morgan fingerprint density at radius 3 is 2.44 bits per heavy atom. The zero-order valence-electron chi connectivity index (χ0n) is 11.3. The van der Waals surface area contributed by atoms with Gasteiger partial charge in [-0.1, -0.05) is 12.8 Å². The first-order valence-electron chi connectivity index (χ1n) is 6.59. The maximum Gasteiger partial charge on any atom is 0.213 e. The lowest BCUT2D eigenvalue weighted by molar-refractivity contribution is 0.0910. The molecule has 0 atom stereocenters. The molecule has 6 heteroatoms. The van der Waals surface area contributed by atoms with Crippen LogP contribution in [0.15, 0.2) is 0 Å². The molecular formula is C12H25NO4S. The van der Waals surface area contributed by atoms with Crippen molar-refractivity contribution in [2.45, 2.75) is 45.6 Å². The Morgan fingerprint density at radius 2 is 1.94 bits per heavy atom. The fourth-order valence-corrected chi connectivity index (χ4v) is 3.23. The molecule has 2 N–H and O–H groups in total. The second kappa shape index (κ2) is 6.84. The van der Waals surface area contributed by atoms with E-state index in [1.54, 1.807) is 0 Å². The fraction of sp³-hybridized carbons (Fsp3) is 1.00. The van der Waals surface area contributed by atoms with Crippen LogP contribution >= 0.6 is 0 Å². The number of aliphatic hydroxyl groups is 1. The van der Waals surface area contributed by atoms with Crippen LogP contribution in [0.5, 0.6) is 0 Å². The van der Waals surface area contributed by atoms with Crippen molar-refractivity contribution < 1.29 is 18.3 Å². The lowest BCUT2D eigenvalue weighted by Gasteiger charge is -2.26. The van der Waals surface area contributed by atoms with E-state index in [0.717, 1.165) is 25.7 Å². The van der Waals surface area contributed by atoms with E-state index in [4.69, 9.17) is 4.74 Å². The first kappa shape index (κ1) is 15.9. The average Bonchev–Trinajstić information content (AvgIpc) is 2.75. The predicted molar refractivity (Wildman–Crippen MR) is 70.9 cm³/mol. The summed E-state index contributed by atoms with van der Waals surface area (Å²) in [5, 5.41) is 9.40. The highest BCUT2D eigenvalue weighted by Gasteiger charge is 2.34. The van der Waals surface area contributed by atoms with Gasteiger partial charge in [-0.3, -0.25) is 0 Å². The molecule has 0 aromatic rings. The average molecular weight is 279 g/mol. The maximum absolute atomic E-state index is 11.8. The number of aliphatic hydroxyl groups excluding tert-OH is 1. The van der Waals surface area contributed by atoms with E-state index in [-0.39, 0.29) is 30.5 Å². The van der Waals surface area contributed by atoms with E-state index >= 15 is 0 Å². The smallest absolute Gasteiger partial charge is 0.213 e. The minimum atomic E-state index is -3.30. The van der Waals surface area contributed by atoms with Crippen LogP contribution < -0.4 is 4.72 Å². The van der Waals surface area contributed by atoms with Gasteiger partial charge in [-0.25, -0.2) is 13.1 Å². The molecule has 1 saturated carbocycles. The normalized spacial score (nSPS) is 19.6. The van der Waals surface area contributed by atoms with E-state index in [0.29, 0.717) is 6.54 Å². The summed E-state index contributed by atoms with van der Waals surface area (Å²) in [4.78, 5) is 0. The molecule has 0 amide bonds. The molecule has 0 bridgehead atoms. The Hall–Kier alpha value is -0.170. The summed E-state index contributed by atoms with van der Waals surface area (Å²) < 4.78 is 31.3. The molecule has 18 heavy (non-hydrogen) atoms. The molecule has 1 aliphatic rings. The van der Waals surface area contributed by atoms with Crippen LogP contribution in [-0.4, -0.2) is 45.1 Å². The van der Waals surface area contributed by atoms with E-state index < -0.39 is 10.0 Å². The van der Waals surface area contributed by atoms with Crippen molar-refractivity contribution in [3.05, 3.63) is 0 Å². The summed E-state index contributed by atoms with van der Waals surface area (Å²) in [6.07, 6.45) is 3.97. The van der Waals surface area contributed by atoms with Crippen molar-refractivity contribution in [3.63, 3.8) is 0 Å². The predicted octanol–water partition coefficient (Wildman–Crippen LogP) is 0.883. The summed E-state index contributed by atoms with van der Waals surface area (Å²) in [5.74, 6) is -0.0211. The van der Waals surface area contributed by atoms with Crippen LogP contribution in [0.25, 0.3) is 0 Å². The van der Waals surface area contributed by atoms with Gasteiger partial charge in [0.05, 0.1) is 18.5 Å². The van der Waals surface area contributed by atoms with Crippen molar-refractivity contribution in [3.8, 4) is 0 Å². The number of sulfonamides is 1. The van der Waals surface area contributed by atoms with Crippen LogP contribution in [0.4, 0.5) is 0 Å². The molecule has 1 rings (SSSR count). The number of hydrogen-bond acceptors (Lipinski definition) is 4. The molecule has 0 aromatic carbocycles. The van der Waals surface area contributed by atoms with Crippen LogP contribution in [0.1, 0.15) is 39.5 Å². The molecule has 0 spiro atoms. The van der Waals surface area contributed by atoms with Gasteiger partial charge < -0.3 is 9.84 Å². The molecule has 1 aliphatic carbocycles. The lowest BCUT2D eigenvalue weighted by Crippen LogP contribution is -2.39. The van der Waals surface area contributed by atoms with Crippen molar-refractivity contribution >= 4 is 10.0 Å². The van der Waals surface area contributed by atoms with Gasteiger partial charge in [-0.05, 0) is 26.7 Å². The van der Waals surface area contributed by atoms with E-state index in [1.165, 1.54) is 0 Å². The zero-order chi connectivity index (χ0) is 13.6. The second-order valence-corrected chi connectivity index (χ2v) is 7.35. The Kier molecular flexibility index (Phi) is 6.04. The van der Waals surface area contributed by atoms with Crippen molar-refractivity contribution in [1.29, 1.82) is 0 Å². The van der Waals surface area contributed by atoms with E-state index in [1.807, 2.05) is 13.8 Å². The highest BCUT2D eigenvalue weighted by Crippen LogP contribution is 2.36. The number of hydrogen-bond donors (Lipinski definition) is 2. The highest BCUT2D eigenvalue weighted by molar-refractivity contribution is 7.89. The van der Waals surface area contributed by atoms with Crippen LogP contribution in [0.3, 0.4) is 0 Å². The van der Waals surface area contributed by atoms with Crippen molar-refractivity contribution in [2.75, 3.05) is 25.5 Å². The topological polar surface area (TPSA) is 75.6 Å². The van der Waals surface area contributed by atoms with Crippen LogP contribution in [0.2, 0.25) is 0 Å². The Morgan fingerprint density at radius 1 is 1.33 bits per heavy atom. The molecule has 0 unspecified atom stereocenters. The number of rotatable bonds is 8. The second-order valence-electron chi connectivity index (χ2n) is 5.42. The molecule has 0 aromatic heterocycles. The zero-order valence-corrected chi connectivity index (χ0v) is 12.1. The maximum atomic E-state index is 11.8. The Labute approximate surface area is 110 Å². The first-order valence-corrected chi connectivity index (χ1v) is 8.24. The Bertz CT molecular complexity index is 334. The fourth-order valence-electron chi connectivity index (χ4n) is 2.24. The van der Waals surface area contributed by atoms with Crippen LogP contribution in [0, 0.1) is 5.41 Å². The summed E-state index contributed by atoms with van der Waals surface area (Å²) in [6, 6.07) is 0. The third-order valence-electron chi connectivity index (χ3n) is 3.47. The summed E-state index contributed by atoms with van der Waals surface area (Å²) in [7, 11) is -3.30. The van der Waals surface area contributed by atoms with Gasteiger partial charge in [-0.2, -0.15) is 0 Å². The van der Waals surface area contributed by atoms with E-state index in [9.17, 15) is 13.5 Å². The SMILES string of the molecule is CC(C)OCCS(=O)(=O)NCC1(CO)CCCC1. The highest BCUT2D eigenvalue weighted by atomic mass is 32.2. The largest absolute Gasteiger partial charge is 0.396 e. The molecule has 0 aliphatic heterocycles.